The van der Waals surface area contributed by atoms with Crippen molar-refractivity contribution in [1.29, 1.82) is 0 Å². The smallest absolute Gasteiger partial charge is 0.313 e. The zero-order valence-corrected chi connectivity index (χ0v) is 13.4. The summed E-state index contributed by atoms with van der Waals surface area (Å²) in [6.45, 7) is 13.0. The van der Waals surface area contributed by atoms with Crippen LogP contribution < -0.4 is 0 Å². The van der Waals surface area contributed by atoms with Crippen LogP contribution in [0.1, 0.15) is 53.3 Å². The Hall–Kier alpha value is -0.970. The molecule has 0 amide bonds. The molecular formula is C14H24N2O2S. The lowest BCUT2D eigenvalue weighted by atomic mass is 9.91. The highest BCUT2D eigenvalue weighted by Crippen LogP contribution is 2.33. The number of carboxylic acids is 1. The maximum Gasteiger partial charge on any atom is 0.313 e. The Balaban J connectivity index is 3.18. The SMILES string of the molecule is CC(C)C(C)n1c(C(C)(C)C)cnc1SCC(=O)O. The second-order valence-corrected chi connectivity index (χ2v) is 7.16. The summed E-state index contributed by atoms with van der Waals surface area (Å²) in [4.78, 5) is 15.2. The molecule has 0 saturated carbocycles. The molecule has 4 nitrogen and oxygen atoms in total. The third-order valence-corrected chi connectivity index (χ3v) is 4.18. The number of aliphatic carboxylic acids is 1. The minimum Gasteiger partial charge on any atom is -0.481 e. The highest BCUT2D eigenvalue weighted by molar-refractivity contribution is 7.99. The molecule has 0 aromatic carbocycles. The first-order chi connectivity index (χ1) is 8.64. The molecule has 5 heteroatoms. The Labute approximate surface area is 119 Å². The predicted molar refractivity (Wildman–Crippen MR) is 78.8 cm³/mol. The average Bonchev–Trinajstić information content (AvgIpc) is 2.68. The molecule has 0 aliphatic carbocycles. The molecule has 0 saturated heterocycles. The topological polar surface area (TPSA) is 55.1 Å². The molecule has 1 unspecified atom stereocenters. The van der Waals surface area contributed by atoms with Gasteiger partial charge in [0.05, 0.1) is 5.75 Å². The Morgan fingerprint density at radius 2 is 2.00 bits per heavy atom. The Kier molecular flexibility index (Phi) is 5.07. The van der Waals surface area contributed by atoms with Crippen LogP contribution in [0.3, 0.4) is 0 Å². The van der Waals surface area contributed by atoms with Gasteiger partial charge in [-0.3, -0.25) is 4.79 Å². The zero-order chi connectivity index (χ0) is 14.8. The maximum absolute atomic E-state index is 10.7. The third-order valence-electron chi connectivity index (χ3n) is 3.23. The number of aromatic nitrogens is 2. The Morgan fingerprint density at radius 3 is 2.42 bits per heavy atom. The lowest BCUT2D eigenvalue weighted by Gasteiger charge is -2.28. The first-order valence-corrected chi connectivity index (χ1v) is 7.55. The van der Waals surface area contributed by atoms with Crippen molar-refractivity contribution < 1.29 is 9.90 Å². The first kappa shape index (κ1) is 16.1. The molecule has 1 atom stereocenters. The van der Waals surface area contributed by atoms with Gasteiger partial charge < -0.3 is 9.67 Å². The molecule has 1 heterocycles. The van der Waals surface area contributed by atoms with Gasteiger partial charge >= 0.3 is 5.97 Å². The number of nitrogens with zero attached hydrogens (tertiary/aromatic N) is 2. The Morgan fingerprint density at radius 1 is 1.42 bits per heavy atom. The molecule has 0 fully saturated rings. The molecule has 0 spiro atoms. The molecule has 0 aliphatic rings. The normalized spacial score (nSPS) is 13.8. The third kappa shape index (κ3) is 4.00. The molecule has 19 heavy (non-hydrogen) atoms. The van der Waals surface area contributed by atoms with Gasteiger partial charge in [-0.05, 0) is 12.8 Å². The van der Waals surface area contributed by atoms with E-state index in [0.717, 1.165) is 10.9 Å². The number of imidazole rings is 1. The quantitative estimate of drug-likeness (QED) is 0.840. The second-order valence-electron chi connectivity index (χ2n) is 6.21. The van der Waals surface area contributed by atoms with Crippen LogP contribution in [0.5, 0.6) is 0 Å². The predicted octanol–water partition coefficient (Wildman–Crippen LogP) is 3.57. The summed E-state index contributed by atoms with van der Waals surface area (Å²) in [6, 6.07) is 0.299. The van der Waals surface area contributed by atoms with E-state index in [1.807, 2.05) is 6.20 Å². The fourth-order valence-electron chi connectivity index (χ4n) is 1.82. The summed E-state index contributed by atoms with van der Waals surface area (Å²) in [5.41, 5.74) is 1.15. The van der Waals surface area contributed by atoms with Crippen LogP contribution in [0, 0.1) is 5.92 Å². The van der Waals surface area contributed by atoms with Crippen molar-refractivity contribution in [3.63, 3.8) is 0 Å². The van der Waals surface area contributed by atoms with Crippen LogP contribution in [0.15, 0.2) is 11.4 Å². The van der Waals surface area contributed by atoms with E-state index in [-0.39, 0.29) is 11.2 Å². The van der Waals surface area contributed by atoms with Gasteiger partial charge in [-0.2, -0.15) is 0 Å². The number of hydrogen-bond acceptors (Lipinski definition) is 3. The number of carboxylic acid groups (broad SMARTS) is 1. The van der Waals surface area contributed by atoms with E-state index in [9.17, 15) is 4.79 Å². The molecule has 108 valence electrons. The largest absolute Gasteiger partial charge is 0.481 e. The van der Waals surface area contributed by atoms with E-state index in [0.29, 0.717) is 12.0 Å². The van der Waals surface area contributed by atoms with Crippen LogP contribution in [0.2, 0.25) is 0 Å². The van der Waals surface area contributed by atoms with Gasteiger partial charge in [-0.1, -0.05) is 46.4 Å². The van der Waals surface area contributed by atoms with E-state index < -0.39 is 5.97 Å². The van der Waals surface area contributed by atoms with Gasteiger partial charge in [0.1, 0.15) is 0 Å². The van der Waals surface area contributed by atoms with Crippen LogP contribution in [-0.4, -0.2) is 26.4 Å². The monoisotopic (exact) mass is 284 g/mol. The summed E-state index contributed by atoms with van der Waals surface area (Å²) < 4.78 is 2.19. The number of rotatable bonds is 5. The second kappa shape index (κ2) is 5.99. The molecule has 0 bridgehead atoms. The zero-order valence-electron chi connectivity index (χ0n) is 12.6. The average molecular weight is 284 g/mol. The summed E-state index contributed by atoms with van der Waals surface area (Å²) >= 11 is 1.29. The van der Waals surface area contributed by atoms with Crippen molar-refractivity contribution in [2.75, 3.05) is 5.75 Å². The first-order valence-electron chi connectivity index (χ1n) is 6.57. The molecule has 1 rings (SSSR count). The molecule has 0 radical (unpaired) electrons. The fourth-order valence-corrected chi connectivity index (χ4v) is 2.61. The minimum atomic E-state index is -0.811. The standard InChI is InChI=1S/C14H24N2O2S/c1-9(2)10(3)16-11(14(4,5)6)7-15-13(16)19-8-12(17)18/h7,9-10H,8H2,1-6H3,(H,17,18). The van der Waals surface area contributed by atoms with E-state index in [4.69, 9.17) is 5.11 Å². The lowest BCUT2D eigenvalue weighted by Crippen LogP contribution is -2.23. The number of thioether (sulfide) groups is 1. The van der Waals surface area contributed by atoms with Crippen molar-refractivity contribution in [3.05, 3.63) is 11.9 Å². The molecule has 1 aromatic rings. The van der Waals surface area contributed by atoms with Crippen LogP contribution >= 0.6 is 11.8 Å². The van der Waals surface area contributed by atoms with Gasteiger partial charge in [0.2, 0.25) is 0 Å². The van der Waals surface area contributed by atoms with E-state index >= 15 is 0 Å². The molecule has 1 aromatic heterocycles. The van der Waals surface area contributed by atoms with Crippen molar-refractivity contribution in [2.24, 2.45) is 5.92 Å². The van der Waals surface area contributed by atoms with Gasteiger partial charge in [-0.15, -0.1) is 0 Å². The molecule has 0 aliphatic heterocycles. The van der Waals surface area contributed by atoms with Crippen molar-refractivity contribution in [2.45, 2.75) is 58.2 Å². The van der Waals surface area contributed by atoms with Crippen molar-refractivity contribution in [3.8, 4) is 0 Å². The molecular weight excluding hydrogens is 260 g/mol. The molecule has 1 N–H and O–H groups in total. The van der Waals surface area contributed by atoms with Crippen molar-refractivity contribution >= 4 is 17.7 Å². The fraction of sp³-hybridized carbons (Fsp3) is 0.714. The lowest BCUT2D eigenvalue weighted by molar-refractivity contribution is -0.133. The van der Waals surface area contributed by atoms with E-state index in [1.54, 1.807) is 0 Å². The van der Waals surface area contributed by atoms with Gasteiger partial charge in [-0.25, -0.2) is 4.98 Å². The summed E-state index contributed by atoms with van der Waals surface area (Å²) in [5.74, 6) is -0.292. The van der Waals surface area contributed by atoms with Crippen molar-refractivity contribution in [1.82, 2.24) is 9.55 Å². The summed E-state index contributed by atoms with van der Waals surface area (Å²) in [7, 11) is 0. The van der Waals surface area contributed by atoms with Crippen LogP contribution in [-0.2, 0) is 10.2 Å². The Bertz CT molecular complexity index is 447. The van der Waals surface area contributed by atoms with E-state index in [2.05, 4.69) is 51.1 Å². The van der Waals surface area contributed by atoms with Crippen LogP contribution in [0.4, 0.5) is 0 Å². The van der Waals surface area contributed by atoms with Gasteiger partial charge in [0, 0.05) is 23.3 Å². The maximum atomic E-state index is 10.7. The van der Waals surface area contributed by atoms with Crippen LogP contribution in [0.25, 0.3) is 0 Å². The van der Waals surface area contributed by atoms with E-state index in [1.165, 1.54) is 11.8 Å². The van der Waals surface area contributed by atoms with Gasteiger partial charge in [0.15, 0.2) is 5.16 Å². The number of carbonyl (C=O) groups is 1. The minimum absolute atomic E-state index is 0.00180. The number of hydrogen-bond donors (Lipinski definition) is 1. The van der Waals surface area contributed by atoms with Gasteiger partial charge in [0.25, 0.3) is 0 Å². The highest BCUT2D eigenvalue weighted by atomic mass is 32.2. The summed E-state index contributed by atoms with van der Waals surface area (Å²) in [5, 5.41) is 9.62. The highest BCUT2D eigenvalue weighted by Gasteiger charge is 2.26. The summed E-state index contributed by atoms with van der Waals surface area (Å²) in [6.07, 6.45) is 1.88.